The zero-order valence-corrected chi connectivity index (χ0v) is 9.44. The Kier molecular flexibility index (Phi) is 2.40. The van der Waals surface area contributed by atoms with E-state index in [9.17, 15) is 0 Å². The highest BCUT2D eigenvalue weighted by Gasteiger charge is 2.31. The summed E-state index contributed by atoms with van der Waals surface area (Å²) in [5.74, 6) is 1.56. The first kappa shape index (κ1) is 9.85. The van der Waals surface area contributed by atoms with Gasteiger partial charge in [0.25, 0.3) is 0 Å². The Morgan fingerprint density at radius 3 is 3.19 bits per heavy atom. The third-order valence-electron chi connectivity index (χ3n) is 3.58. The number of nitrogens with zero attached hydrogens (tertiary/aromatic N) is 1. The molecule has 2 aliphatic rings. The molecule has 1 saturated heterocycles. The molecule has 16 heavy (non-hydrogen) atoms. The first-order valence-electron chi connectivity index (χ1n) is 5.80. The minimum absolute atomic E-state index is 0.654. The average molecular weight is 216 g/mol. The molecule has 2 atom stereocenters. The van der Waals surface area contributed by atoms with E-state index >= 15 is 0 Å². The van der Waals surface area contributed by atoms with Gasteiger partial charge in [0.1, 0.15) is 5.75 Å². The summed E-state index contributed by atoms with van der Waals surface area (Å²) < 4.78 is 5.20. The molecule has 3 rings (SSSR count). The van der Waals surface area contributed by atoms with Crippen molar-refractivity contribution in [3.05, 3.63) is 30.1 Å². The van der Waals surface area contributed by atoms with Crippen LogP contribution in [0.5, 0.6) is 5.75 Å². The minimum atomic E-state index is 0.654. The molecule has 0 bridgehead atoms. The summed E-state index contributed by atoms with van der Waals surface area (Å²) in [6.45, 7) is 1.16. The van der Waals surface area contributed by atoms with E-state index in [0.29, 0.717) is 6.04 Å². The van der Waals surface area contributed by atoms with Crippen molar-refractivity contribution < 1.29 is 4.74 Å². The molecule has 0 aromatic carbocycles. The highest BCUT2D eigenvalue weighted by molar-refractivity contribution is 5.69. The number of pyridine rings is 1. The zero-order chi connectivity index (χ0) is 11.0. The van der Waals surface area contributed by atoms with Crippen LogP contribution in [0.2, 0.25) is 0 Å². The van der Waals surface area contributed by atoms with Crippen molar-refractivity contribution in [1.29, 1.82) is 0 Å². The third-order valence-corrected chi connectivity index (χ3v) is 3.58. The summed E-state index contributed by atoms with van der Waals surface area (Å²) in [6.07, 6.45) is 8.47. The topological polar surface area (TPSA) is 34.1 Å². The van der Waals surface area contributed by atoms with Gasteiger partial charge < -0.3 is 10.1 Å². The number of rotatable bonds is 2. The molecule has 0 spiro atoms. The molecule has 1 aliphatic carbocycles. The van der Waals surface area contributed by atoms with Crippen molar-refractivity contribution in [3.63, 3.8) is 0 Å². The van der Waals surface area contributed by atoms with Gasteiger partial charge in [-0.25, -0.2) is 0 Å². The lowest BCUT2D eigenvalue weighted by atomic mass is 10.1. The number of nitrogens with one attached hydrogen (secondary N) is 1. The molecule has 0 radical (unpaired) electrons. The van der Waals surface area contributed by atoms with Crippen LogP contribution in [0, 0.1) is 5.92 Å². The van der Waals surface area contributed by atoms with E-state index in [-0.39, 0.29) is 0 Å². The van der Waals surface area contributed by atoms with E-state index in [4.69, 9.17) is 4.74 Å². The molecule has 0 unspecified atom stereocenters. The summed E-state index contributed by atoms with van der Waals surface area (Å²) in [7, 11) is 1.68. The van der Waals surface area contributed by atoms with Crippen LogP contribution in [0.4, 0.5) is 0 Å². The lowest BCUT2D eigenvalue weighted by Gasteiger charge is -2.08. The molecule has 0 amide bonds. The monoisotopic (exact) mass is 216 g/mol. The number of aromatic nitrogens is 1. The zero-order valence-electron chi connectivity index (χ0n) is 9.44. The summed E-state index contributed by atoms with van der Waals surface area (Å²) in [6, 6.07) is 2.72. The maximum Gasteiger partial charge on any atom is 0.137 e. The second kappa shape index (κ2) is 3.91. The van der Waals surface area contributed by atoms with Crippen LogP contribution in [-0.4, -0.2) is 24.7 Å². The van der Waals surface area contributed by atoms with Crippen LogP contribution in [0.3, 0.4) is 0 Å². The first-order chi connectivity index (χ1) is 7.86. The molecule has 1 aliphatic heterocycles. The summed E-state index contributed by atoms with van der Waals surface area (Å²) in [5, 5.41) is 3.54. The summed E-state index contributed by atoms with van der Waals surface area (Å²) in [4.78, 5) is 4.21. The van der Waals surface area contributed by atoms with Gasteiger partial charge >= 0.3 is 0 Å². The quantitative estimate of drug-likeness (QED) is 0.819. The Labute approximate surface area is 95.5 Å². The lowest BCUT2D eigenvalue weighted by molar-refractivity contribution is 0.412. The molecule has 3 nitrogen and oxygen atoms in total. The van der Waals surface area contributed by atoms with Gasteiger partial charge in [0.05, 0.1) is 13.3 Å². The molecule has 1 aromatic rings. The minimum Gasteiger partial charge on any atom is -0.495 e. The van der Waals surface area contributed by atoms with E-state index in [2.05, 4.69) is 22.4 Å². The van der Waals surface area contributed by atoms with E-state index < -0.39 is 0 Å². The van der Waals surface area contributed by atoms with E-state index in [1.165, 1.54) is 17.6 Å². The number of hydrogen-bond donors (Lipinski definition) is 1. The molecular weight excluding hydrogens is 200 g/mol. The standard InChI is InChI=1S/C13H16N2O/c1-16-12-5-11(7-14-8-12)10-4-9-2-3-15-13(9)6-10/h4-5,7-9,13,15H,2-3,6H2,1H3/t9-,13+/m1/s1. The molecule has 1 N–H and O–H groups in total. The predicted octanol–water partition coefficient (Wildman–Crippen LogP) is 1.86. The van der Waals surface area contributed by atoms with Crippen LogP contribution in [0.25, 0.3) is 5.57 Å². The number of hydrogen-bond acceptors (Lipinski definition) is 3. The Morgan fingerprint density at radius 2 is 2.38 bits per heavy atom. The van der Waals surface area contributed by atoms with Gasteiger partial charge in [-0.2, -0.15) is 0 Å². The predicted molar refractivity (Wildman–Crippen MR) is 63.3 cm³/mol. The van der Waals surface area contributed by atoms with Gasteiger partial charge in [0, 0.05) is 12.2 Å². The highest BCUT2D eigenvalue weighted by atomic mass is 16.5. The molecule has 3 heteroatoms. The molecular formula is C13H16N2O. The third kappa shape index (κ3) is 1.61. The van der Waals surface area contributed by atoms with Crippen molar-refractivity contribution in [2.24, 2.45) is 5.92 Å². The average Bonchev–Trinajstić information content (AvgIpc) is 2.89. The second-order valence-corrected chi connectivity index (χ2v) is 4.52. The fourth-order valence-corrected chi connectivity index (χ4v) is 2.69. The van der Waals surface area contributed by atoms with Crippen LogP contribution in [0.15, 0.2) is 24.5 Å². The molecule has 84 valence electrons. The molecule has 0 saturated carbocycles. The van der Waals surface area contributed by atoms with Crippen LogP contribution >= 0.6 is 0 Å². The fourth-order valence-electron chi connectivity index (χ4n) is 2.69. The Morgan fingerprint density at radius 1 is 1.44 bits per heavy atom. The number of ether oxygens (including phenoxy) is 1. The van der Waals surface area contributed by atoms with Crippen LogP contribution < -0.4 is 10.1 Å². The molecule has 1 fully saturated rings. The normalized spacial score (nSPS) is 27.7. The van der Waals surface area contributed by atoms with Gasteiger partial charge in [0.15, 0.2) is 0 Å². The van der Waals surface area contributed by atoms with Gasteiger partial charge in [0.2, 0.25) is 0 Å². The van der Waals surface area contributed by atoms with Crippen molar-refractivity contribution >= 4 is 5.57 Å². The smallest absolute Gasteiger partial charge is 0.137 e. The molecule has 1 aromatic heterocycles. The van der Waals surface area contributed by atoms with Gasteiger partial charge in [-0.1, -0.05) is 6.08 Å². The summed E-state index contributed by atoms with van der Waals surface area (Å²) >= 11 is 0. The maximum atomic E-state index is 5.20. The highest BCUT2D eigenvalue weighted by Crippen LogP contribution is 2.36. The number of fused-ring (bicyclic) bond motifs is 1. The van der Waals surface area contributed by atoms with Crippen molar-refractivity contribution in [2.45, 2.75) is 18.9 Å². The maximum absolute atomic E-state index is 5.20. The Bertz CT molecular complexity index is 428. The van der Waals surface area contributed by atoms with Crippen molar-refractivity contribution in [3.8, 4) is 5.75 Å². The van der Waals surface area contributed by atoms with Gasteiger partial charge in [-0.15, -0.1) is 0 Å². The molecule has 2 heterocycles. The van der Waals surface area contributed by atoms with Crippen LogP contribution in [0.1, 0.15) is 18.4 Å². The first-order valence-corrected chi connectivity index (χ1v) is 5.80. The van der Waals surface area contributed by atoms with E-state index in [1.54, 1.807) is 13.3 Å². The second-order valence-electron chi connectivity index (χ2n) is 4.52. The number of methoxy groups -OCH3 is 1. The van der Waals surface area contributed by atoms with Crippen molar-refractivity contribution in [2.75, 3.05) is 13.7 Å². The van der Waals surface area contributed by atoms with E-state index in [0.717, 1.165) is 24.6 Å². The largest absolute Gasteiger partial charge is 0.495 e. The lowest BCUT2D eigenvalue weighted by Crippen LogP contribution is -2.22. The SMILES string of the molecule is COc1cncc(C2=C[C@H]3CCN[C@H]3C2)c1. The van der Waals surface area contributed by atoms with Crippen molar-refractivity contribution in [1.82, 2.24) is 10.3 Å². The Hall–Kier alpha value is -1.35. The fraction of sp³-hybridized carbons (Fsp3) is 0.462. The Balaban J connectivity index is 1.87. The van der Waals surface area contributed by atoms with E-state index in [1.807, 2.05) is 6.20 Å². The van der Waals surface area contributed by atoms with Crippen LogP contribution in [-0.2, 0) is 0 Å². The van der Waals surface area contributed by atoms with Gasteiger partial charge in [-0.05, 0) is 42.5 Å². The van der Waals surface area contributed by atoms with Gasteiger partial charge in [-0.3, -0.25) is 4.98 Å². The summed E-state index contributed by atoms with van der Waals surface area (Å²) in [5.41, 5.74) is 2.61.